The molecule has 0 amide bonds. The van der Waals surface area contributed by atoms with Gasteiger partial charge in [0, 0.05) is 6.08 Å². The molecule has 100 valence electrons. The molecule has 0 saturated heterocycles. The van der Waals surface area contributed by atoms with E-state index in [9.17, 15) is 4.79 Å². The Bertz CT molecular complexity index is 239. The first-order chi connectivity index (χ1) is 8.03. The lowest BCUT2D eigenvalue weighted by Gasteiger charge is -2.30. The van der Waals surface area contributed by atoms with Crippen LogP contribution < -0.4 is 0 Å². The molecular weight excluding hydrogens is 232 g/mol. The van der Waals surface area contributed by atoms with E-state index in [2.05, 4.69) is 20.8 Å². The van der Waals surface area contributed by atoms with Gasteiger partial charge in [-0.05, 0) is 32.0 Å². The molecule has 17 heavy (non-hydrogen) atoms. The molecule has 0 radical (unpaired) electrons. The normalized spacial score (nSPS) is 13.9. The standard InChI is InChI=1S/C13H26O3Si/c1-6-15-13(14)11-10-12(5)16-17(7-2,8-3)9-4/h10-12H,6-9H2,1-5H3/b11-10+/t12-/m1/s1. The lowest BCUT2D eigenvalue weighted by molar-refractivity contribution is -0.137. The fourth-order valence-corrected chi connectivity index (χ4v) is 4.71. The summed E-state index contributed by atoms with van der Waals surface area (Å²) in [5.41, 5.74) is 0. The van der Waals surface area contributed by atoms with Gasteiger partial charge in [0.25, 0.3) is 0 Å². The Morgan fingerprint density at radius 1 is 1.18 bits per heavy atom. The molecule has 0 heterocycles. The van der Waals surface area contributed by atoms with E-state index in [0.717, 1.165) is 18.1 Å². The number of ether oxygens (including phenoxy) is 1. The highest BCUT2D eigenvalue weighted by atomic mass is 28.4. The molecule has 1 atom stereocenters. The SMILES string of the molecule is CCOC(=O)/C=C/[C@@H](C)O[Si](CC)(CC)CC. The van der Waals surface area contributed by atoms with Crippen LogP contribution in [0.4, 0.5) is 0 Å². The molecule has 0 aromatic carbocycles. The van der Waals surface area contributed by atoms with Crippen LogP contribution >= 0.6 is 0 Å². The van der Waals surface area contributed by atoms with E-state index < -0.39 is 8.32 Å². The third kappa shape index (κ3) is 6.03. The van der Waals surface area contributed by atoms with Gasteiger partial charge in [-0.3, -0.25) is 0 Å². The highest BCUT2D eigenvalue weighted by Gasteiger charge is 2.29. The number of hydrogen-bond acceptors (Lipinski definition) is 3. The number of hydrogen-bond donors (Lipinski definition) is 0. The minimum Gasteiger partial charge on any atom is -0.463 e. The molecule has 0 aliphatic carbocycles. The third-order valence-corrected chi connectivity index (χ3v) is 7.90. The number of esters is 1. The van der Waals surface area contributed by atoms with Crippen LogP contribution in [-0.2, 0) is 14.0 Å². The van der Waals surface area contributed by atoms with Crippen LogP contribution in [-0.4, -0.2) is 27.0 Å². The van der Waals surface area contributed by atoms with E-state index in [1.54, 1.807) is 13.0 Å². The lowest BCUT2D eigenvalue weighted by Crippen LogP contribution is -2.38. The second-order valence-corrected chi connectivity index (χ2v) is 8.90. The average Bonchev–Trinajstić information content (AvgIpc) is 2.34. The van der Waals surface area contributed by atoms with Crippen LogP contribution in [0.5, 0.6) is 0 Å². The molecule has 0 aliphatic heterocycles. The smallest absolute Gasteiger partial charge is 0.330 e. The van der Waals surface area contributed by atoms with Gasteiger partial charge in [0.2, 0.25) is 0 Å². The van der Waals surface area contributed by atoms with E-state index in [0.29, 0.717) is 6.61 Å². The van der Waals surface area contributed by atoms with Crippen molar-refractivity contribution in [3.05, 3.63) is 12.2 Å². The monoisotopic (exact) mass is 258 g/mol. The van der Waals surface area contributed by atoms with Crippen LogP contribution in [0.2, 0.25) is 18.1 Å². The molecule has 0 bridgehead atoms. The third-order valence-electron chi connectivity index (χ3n) is 3.16. The average molecular weight is 258 g/mol. The van der Waals surface area contributed by atoms with Crippen LogP contribution in [0, 0.1) is 0 Å². The van der Waals surface area contributed by atoms with Crippen molar-refractivity contribution in [1.29, 1.82) is 0 Å². The lowest BCUT2D eigenvalue weighted by atomic mass is 10.3. The molecule has 0 saturated carbocycles. The van der Waals surface area contributed by atoms with Gasteiger partial charge < -0.3 is 9.16 Å². The van der Waals surface area contributed by atoms with E-state index >= 15 is 0 Å². The summed E-state index contributed by atoms with van der Waals surface area (Å²) in [6, 6.07) is 3.37. The summed E-state index contributed by atoms with van der Waals surface area (Å²) >= 11 is 0. The van der Waals surface area contributed by atoms with Crippen molar-refractivity contribution in [2.45, 2.75) is 58.9 Å². The van der Waals surface area contributed by atoms with Gasteiger partial charge in [-0.25, -0.2) is 4.79 Å². The van der Waals surface area contributed by atoms with E-state index in [1.165, 1.54) is 6.08 Å². The predicted octanol–water partition coefficient (Wildman–Crippen LogP) is 3.52. The summed E-state index contributed by atoms with van der Waals surface area (Å²) in [6.45, 7) is 10.8. The fourth-order valence-electron chi connectivity index (χ4n) is 1.84. The van der Waals surface area contributed by atoms with Gasteiger partial charge in [0.1, 0.15) is 0 Å². The molecule has 0 fully saturated rings. The Kier molecular flexibility index (Phi) is 8.17. The molecule has 0 unspecified atom stereocenters. The van der Waals surface area contributed by atoms with Crippen molar-refractivity contribution in [3.63, 3.8) is 0 Å². The van der Waals surface area contributed by atoms with Crippen molar-refractivity contribution in [3.8, 4) is 0 Å². The van der Waals surface area contributed by atoms with Gasteiger partial charge in [0.05, 0.1) is 12.7 Å². The number of rotatable bonds is 8. The van der Waals surface area contributed by atoms with Crippen molar-refractivity contribution in [2.75, 3.05) is 6.61 Å². The van der Waals surface area contributed by atoms with Crippen LogP contribution in [0.3, 0.4) is 0 Å². The molecule has 0 rings (SSSR count). The zero-order valence-electron chi connectivity index (χ0n) is 11.8. The minimum atomic E-state index is -1.57. The summed E-state index contributed by atoms with van der Waals surface area (Å²) in [7, 11) is -1.57. The number of carbonyl (C=O) groups is 1. The largest absolute Gasteiger partial charge is 0.463 e. The van der Waals surface area contributed by atoms with E-state index in [4.69, 9.17) is 9.16 Å². The molecular formula is C13H26O3Si. The molecule has 3 nitrogen and oxygen atoms in total. The van der Waals surface area contributed by atoms with E-state index in [-0.39, 0.29) is 12.1 Å². The van der Waals surface area contributed by atoms with Crippen molar-refractivity contribution < 1.29 is 14.0 Å². The summed E-state index contributed by atoms with van der Waals surface area (Å²) in [5, 5.41) is 0. The minimum absolute atomic E-state index is 0.00840. The highest BCUT2D eigenvalue weighted by Crippen LogP contribution is 2.23. The Labute approximate surface area is 106 Å². The summed E-state index contributed by atoms with van der Waals surface area (Å²) in [6.07, 6.45) is 3.25. The van der Waals surface area contributed by atoms with Crippen molar-refractivity contribution >= 4 is 14.3 Å². The summed E-state index contributed by atoms with van der Waals surface area (Å²) in [5.74, 6) is -0.292. The first kappa shape index (κ1) is 16.4. The quantitative estimate of drug-likeness (QED) is 0.380. The van der Waals surface area contributed by atoms with Gasteiger partial charge in [-0.2, -0.15) is 0 Å². The van der Waals surface area contributed by atoms with E-state index in [1.807, 2.05) is 6.92 Å². The Morgan fingerprint density at radius 2 is 1.71 bits per heavy atom. The molecule has 0 spiro atoms. The molecule has 0 aromatic rings. The van der Waals surface area contributed by atoms with Gasteiger partial charge in [-0.15, -0.1) is 0 Å². The maximum atomic E-state index is 11.2. The highest BCUT2D eigenvalue weighted by molar-refractivity contribution is 6.73. The van der Waals surface area contributed by atoms with Crippen molar-refractivity contribution in [1.82, 2.24) is 0 Å². The van der Waals surface area contributed by atoms with Gasteiger partial charge >= 0.3 is 5.97 Å². The first-order valence-electron chi connectivity index (χ1n) is 6.56. The zero-order valence-corrected chi connectivity index (χ0v) is 12.8. The maximum absolute atomic E-state index is 11.2. The molecule has 0 aromatic heterocycles. The second-order valence-electron chi connectivity index (χ2n) is 4.18. The summed E-state index contributed by atoms with van der Waals surface area (Å²) < 4.78 is 11.0. The molecule has 4 heteroatoms. The fraction of sp³-hybridized carbons (Fsp3) is 0.769. The Morgan fingerprint density at radius 3 is 2.12 bits per heavy atom. The van der Waals surface area contributed by atoms with Crippen LogP contribution in [0.15, 0.2) is 12.2 Å². The van der Waals surface area contributed by atoms with Crippen LogP contribution in [0.1, 0.15) is 34.6 Å². The topological polar surface area (TPSA) is 35.5 Å². The summed E-state index contributed by atoms with van der Waals surface area (Å²) in [4.78, 5) is 11.2. The Balaban J connectivity index is 4.32. The van der Waals surface area contributed by atoms with Gasteiger partial charge in [0.15, 0.2) is 8.32 Å². The molecule has 0 N–H and O–H groups in total. The maximum Gasteiger partial charge on any atom is 0.330 e. The first-order valence-corrected chi connectivity index (χ1v) is 9.09. The second kappa shape index (κ2) is 8.47. The number of carbonyl (C=O) groups excluding carboxylic acids is 1. The van der Waals surface area contributed by atoms with Crippen LogP contribution in [0.25, 0.3) is 0 Å². The van der Waals surface area contributed by atoms with Gasteiger partial charge in [-0.1, -0.05) is 26.8 Å². The molecule has 0 aliphatic rings. The van der Waals surface area contributed by atoms with Crippen molar-refractivity contribution in [2.24, 2.45) is 0 Å². The predicted molar refractivity (Wildman–Crippen MR) is 73.5 cm³/mol. The zero-order chi connectivity index (χ0) is 13.3. The Hall–Kier alpha value is -0.613.